The van der Waals surface area contributed by atoms with Gasteiger partial charge >= 0.3 is 0 Å². The van der Waals surface area contributed by atoms with Gasteiger partial charge in [0.15, 0.2) is 0 Å². The predicted molar refractivity (Wildman–Crippen MR) is 90.0 cm³/mol. The summed E-state index contributed by atoms with van der Waals surface area (Å²) in [6, 6.07) is 12.0. The van der Waals surface area contributed by atoms with Crippen molar-refractivity contribution in [1.29, 1.82) is 0 Å². The maximum absolute atomic E-state index is 11.1. The van der Waals surface area contributed by atoms with Crippen LogP contribution in [0, 0.1) is 10.1 Å². The zero-order chi connectivity index (χ0) is 17.6. The van der Waals surface area contributed by atoms with Crippen LogP contribution in [0.3, 0.4) is 0 Å². The molecule has 7 nitrogen and oxygen atoms in total. The second-order valence-corrected chi connectivity index (χ2v) is 5.56. The molecule has 1 aromatic carbocycles. The number of hydrogen-bond donors (Lipinski definition) is 0. The summed E-state index contributed by atoms with van der Waals surface area (Å²) in [6.45, 7) is 1.53. The van der Waals surface area contributed by atoms with Gasteiger partial charge in [-0.05, 0) is 30.3 Å². The molecule has 0 saturated heterocycles. The van der Waals surface area contributed by atoms with E-state index in [-0.39, 0.29) is 5.69 Å². The number of methoxy groups -OCH3 is 1. The quantitative estimate of drug-likeness (QED) is 0.455. The molecular weight excluding hydrogens is 324 g/mol. The fourth-order valence-electron chi connectivity index (χ4n) is 2.66. The third-order valence-corrected chi connectivity index (χ3v) is 3.79. The van der Waals surface area contributed by atoms with E-state index in [1.165, 1.54) is 12.1 Å². The van der Waals surface area contributed by atoms with Gasteiger partial charge in [0.1, 0.15) is 17.3 Å². The molecule has 2 aromatic heterocycles. The summed E-state index contributed by atoms with van der Waals surface area (Å²) in [5.41, 5.74) is 0.765. The molecule has 0 atom stereocenters. The van der Waals surface area contributed by atoms with Crippen LogP contribution in [0.15, 0.2) is 63.8 Å². The normalized spacial score (nSPS) is 11.0. The Hall–Kier alpha value is -3.06. The Morgan fingerprint density at radius 3 is 2.16 bits per heavy atom. The van der Waals surface area contributed by atoms with Crippen LogP contribution >= 0.6 is 0 Å². The Balaban J connectivity index is 1.85. The predicted octanol–water partition coefficient (Wildman–Crippen LogP) is 3.99. The summed E-state index contributed by atoms with van der Waals surface area (Å²) in [6.07, 6.45) is 3.24. The van der Waals surface area contributed by atoms with E-state index in [0.717, 1.165) is 17.1 Å². The van der Waals surface area contributed by atoms with E-state index in [0.29, 0.717) is 25.4 Å². The Morgan fingerprint density at radius 1 is 1.04 bits per heavy atom. The summed E-state index contributed by atoms with van der Waals surface area (Å²) in [4.78, 5) is 12.7. The highest BCUT2D eigenvalue weighted by Crippen LogP contribution is 2.26. The van der Waals surface area contributed by atoms with Crippen LogP contribution in [0.2, 0.25) is 0 Å². The Morgan fingerprint density at radius 2 is 1.68 bits per heavy atom. The van der Waals surface area contributed by atoms with Crippen LogP contribution in [0.25, 0.3) is 0 Å². The number of nitro benzene ring substituents is 1. The standard InChI is InChI=1S/C18H18N2O5/c1-23-18-7-6-15(20(21)22)10-14(18)11-19(12-16-4-2-8-24-16)13-17-5-3-9-25-17/h2-10H,11-13H2,1H3. The molecule has 0 saturated carbocycles. The van der Waals surface area contributed by atoms with Gasteiger partial charge < -0.3 is 13.6 Å². The second-order valence-electron chi connectivity index (χ2n) is 5.56. The average molecular weight is 342 g/mol. The van der Waals surface area contributed by atoms with Gasteiger partial charge in [0.25, 0.3) is 5.69 Å². The lowest BCUT2D eigenvalue weighted by atomic mass is 10.1. The Kier molecular flexibility index (Phi) is 5.15. The van der Waals surface area contributed by atoms with Crippen molar-refractivity contribution >= 4 is 5.69 Å². The van der Waals surface area contributed by atoms with Crippen molar-refractivity contribution in [2.75, 3.05) is 7.11 Å². The fraction of sp³-hybridized carbons (Fsp3) is 0.222. The number of ether oxygens (including phenoxy) is 1. The first-order valence-electron chi connectivity index (χ1n) is 7.74. The highest BCUT2D eigenvalue weighted by atomic mass is 16.6. The molecule has 0 spiro atoms. The Bertz CT molecular complexity index is 776. The highest BCUT2D eigenvalue weighted by Gasteiger charge is 2.17. The van der Waals surface area contributed by atoms with Crippen LogP contribution in [-0.2, 0) is 19.6 Å². The van der Waals surface area contributed by atoms with Gasteiger partial charge in [0.2, 0.25) is 0 Å². The van der Waals surface area contributed by atoms with Gasteiger partial charge in [0.05, 0.1) is 37.6 Å². The molecular formula is C18H18N2O5. The van der Waals surface area contributed by atoms with Crippen LogP contribution in [0.4, 0.5) is 5.69 Å². The van der Waals surface area contributed by atoms with E-state index in [2.05, 4.69) is 4.90 Å². The summed E-state index contributed by atoms with van der Waals surface area (Å²) < 4.78 is 16.2. The zero-order valence-corrected chi connectivity index (χ0v) is 13.8. The van der Waals surface area contributed by atoms with Crippen LogP contribution in [0.5, 0.6) is 5.75 Å². The van der Waals surface area contributed by atoms with E-state index in [9.17, 15) is 10.1 Å². The molecule has 0 amide bonds. The summed E-state index contributed by atoms with van der Waals surface area (Å²) in [7, 11) is 1.55. The zero-order valence-electron chi connectivity index (χ0n) is 13.8. The topological polar surface area (TPSA) is 81.9 Å². The molecule has 0 radical (unpaired) electrons. The van der Waals surface area contributed by atoms with Gasteiger partial charge in [0, 0.05) is 24.2 Å². The van der Waals surface area contributed by atoms with Crippen molar-refractivity contribution in [2.45, 2.75) is 19.6 Å². The SMILES string of the molecule is COc1ccc([N+](=O)[O-])cc1CN(Cc1ccco1)Cc1ccco1. The maximum atomic E-state index is 11.1. The summed E-state index contributed by atoms with van der Waals surface area (Å²) in [5.74, 6) is 2.21. The molecule has 130 valence electrons. The fourth-order valence-corrected chi connectivity index (χ4v) is 2.66. The van der Waals surface area contributed by atoms with Crippen LogP contribution < -0.4 is 4.74 Å². The molecule has 2 heterocycles. The van der Waals surface area contributed by atoms with E-state index in [1.807, 2.05) is 24.3 Å². The minimum absolute atomic E-state index is 0.0340. The largest absolute Gasteiger partial charge is 0.496 e. The van der Waals surface area contributed by atoms with Gasteiger partial charge in [-0.25, -0.2) is 0 Å². The highest BCUT2D eigenvalue weighted by molar-refractivity contribution is 5.43. The maximum Gasteiger partial charge on any atom is 0.270 e. The van der Waals surface area contributed by atoms with Crippen molar-refractivity contribution < 1.29 is 18.5 Å². The number of nitrogens with zero attached hydrogens (tertiary/aromatic N) is 2. The van der Waals surface area contributed by atoms with Crippen molar-refractivity contribution in [1.82, 2.24) is 4.90 Å². The third kappa shape index (κ3) is 4.27. The average Bonchev–Trinajstić information content (AvgIpc) is 3.28. The lowest BCUT2D eigenvalue weighted by Gasteiger charge is -2.21. The molecule has 25 heavy (non-hydrogen) atoms. The molecule has 0 aliphatic rings. The molecule has 3 aromatic rings. The summed E-state index contributed by atoms with van der Waals surface area (Å²) >= 11 is 0. The number of benzene rings is 1. The number of rotatable bonds is 8. The lowest BCUT2D eigenvalue weighted by molar-refractivity contribution is -0.385. The number of hydrogen-bond acceptors (Lipinski definition) is 6. The number of non-ortho nitro benzene ring substituents is 1. The van der Waals surface area contributed by atoms with Gasteiger partial charge in [-0.1, -0.05) is 0 Å². The molecule has 0 aliphatic carbocycles. The molecule has 0 bridgehead atoms. The first kappa shape index (κ1) is 16.8. The molecule has 7 heteroatoms. The Labute approximate surface area is 144 Å². The second kappa shape index (κ2) is 7.67. The van der Waals surface area contributed by atoms with Gasteiger partial charge in [-0.3, -0.25) is 15.0 Å². The lowest BCUT2D eigenvalue weighted by Crippen LogP contribution is -2.22. The molecule has 3 rings (SSSR count). The summed E-state index contributed by atoms with van der Waals surface area (Å²) in [5, 5.41) is 11.1. The van der Waals surface area contributed by atoms with Crippen molar-refractivity contribution in [3.05, 3.63) is 82.2 Å². The van der Waals surface area contributed by atoms with Crippen molar-refractivity contribution in [2.24, 2.45) is 0 Å². The van der Waals surface area contributed by atoms with Crippen molar-refractivity contribution in [3.8, 4) is 5.75 Å². The van der Waals surface area contributed by atoms with E-state index in [1.54, 1.807) is 25.7 Å². The van der Waals surface area contributed by atoms with Crippen LogP contribution in [-0.4, -0.2) is 16.9 Å². The number of furan rings is 2. The minimum atomic E-state index is -0.410. The first-order chi connectivity index (χ1) is 12.2. The third-order valence-electron chi connectivity index (χ3n) is 3.79. The van der Waals surface area contributed by atoms with E-state index >= 15 is 0 Å². The van der Waals surface area contributed by atoms with Gasteiger partial charge in [-0.2, -0.15) is 0 Å². The molecule has 0 fully saturated rings. The molecule has 0 aliphatic heterocycles. The minimum Gasteiger partial charge on any atom is -0.496 e. The first-order valence-corrected chi connectivity index (χ1v) is 7.74. The number of nitro groups is 1. The molecule has 0 N–H and O–H groups in total. The smallest absolute Gasteiger partial charge is 0.270 e. The monoisotopic (exact) mass is 342 g/mol. The van der Waals surface area contributed by atoms with Crippen molar-refractivity contribution in [3.63, 3.8) is 0 Å². The van der Waals surface area contributed by atoms with E-state index < -0.39 is 4.92 Å². The van der Waals surface area contributed by atoms with Crippen LogP contribution in [0.1, 0.15) is 17.1 Å². The molecule has 0 unspecified atom stereocenters. The van der Waals surface area contributed by atoms with E-state index in [4.69, 9.17) is 13.6 Å². The van der Waals surface area contributed by atoms with Gasteiger partial charge in [-0.15, -0.1) is 0 Å².